The second-order valence-electron chi connectivity index (χ2n) is 11.2. The van der Waals surface area contributed by atoms with Crippen molar-refractivity contribution < 1.29 is 24.2 Å². The third-order valence-corrected chi connectivity index (χ3v) is 7.31. The fourth-order valence-corrected chi connectivity index (χ4v) is 4.71. The van der Waals surface area contributed by atoms with Gasteiger partial charge in [0.25, 0.3) is 0 Å². The first-order valence-corrected chi connectivity index (χ1v) is 16.7. The Hall–Kier alpha value is -1.36. The highest BCUT2D eigenvalue weighted by Gasteiger charge is 2.16. The predicted octanol–water partition coefficient (Wildman–Crippen LogP) is 9.78. The zero-order chi connectivity index (χ0) is 28.7. The summed E-state index contributed by atoms with van der Waals surface area (Å²) in [6, 6.07) is 0. The first-order chi connectivity index (χ1) is 19.1. The lowest BCUT2D eigenvalue weighted by Crippen LogP contribution is -2.28. The quantitative estimate of drug-likeness (QED) is 0.0545. The first kappa shape index (κ1) is 37.6. The molecule has 0 aromatic rings. The number of rotatable bonds is 30. The molecule has 0 aliphatic rings. The molecule has 0 saturated carbocycles. The number of ether oxygens (including phenoxy) is 2. The summed E-state index contributed by atoms with van der Waals surface area (Å²) in [5.41, 5.74) is 0. The Balaban J connectivity index is 3.56. The smallest absolute Gasteiger partial charge is 0.306 e. The highest BCUT2D eigenvalue weighted by Crippen LogP contribution is 2.14. The number of hydrogen-bond acceptors (Lipinski definition) is 5. The average molecular weight is 553 g/mol. The van der Waals surface area contributed by atoms with Crippen molar-refractivity contribution in [1.29, 1.82) is 0 Å². The molecule has 0 rings (SSSR count). The minimum Gasteiger partial charge on any atom is -0.462 e. The van der Waals surface area contributed by atoms with Gasteiger partial charge in [-0.05, 0) is 32.1 Å². The molecule has 0 radical (unpaired) electrons. The standard InChI is InChI=1S/C34H64O5/c1-3-5-7-9-11-13-15-16-17-19-20-22-24-26-28-33(36)38-31-32(30-35)39-34(37)29-27-25-23-21-18-14-12-10-8-6-4-2/h10,12,32,35H,3-9,11,13-31H2,1-2H3/b12-10-. The van der Waals surface area contributed by atoms with Crippen LogP contribution in [0.1, 0.15) is 174 Å². The number of esters is 2. The van der Waals surface area contributed by atoms with E-state index in [1.807, 2.05) is 0 Å². The van der Waals surface area contributed by atoms with E-state index in [4.69, 9.17) is 9.47 Å². The van der Waals surface area contributed by atoms with Crippen LogP contribution in [-0.4, -0.2) is 36.4 Å². The molecule has 1 unspecified atom stereocenters. The van der Waals surface area contributed by atoms with Crippen LogP contribution in [0.2, 0.25) is 0 Å². The van der Waals surface area contributed by atoms with Gasteiger partial charge in [0.15, 0.2) is 6.10 Å². The van der Waals surface area contributed by atoms with Crippen LogP contribution >= 0.6 is 0 Å². The highest BCUT2D eigenvalue weighted by molar-refractivity contribution is 5.70. The number of allylic oxidation sites excluding steroid dienone is 2. The van der Waals surface area contributed by atoms with Crippen LogP contribution in [0.5, 0.6) is 0 Å². The number of hydrogen-bond donors (Lipinski definition) is 1. The Morgan fingerprint density at radius 3 is 1.46 bits per heavy atom. The second kappa shape index (κ2) is 31.2. The summed E-state index contributed by atoms with van der Waals surface area (Å²) in [6.07, 6.45) is 32.6. The van der Waals surface area contributed by atoms with Crippen molar-refractivity contribution in [1.82, 2.24) is 0 Å². The van der Waals surface area contributed by atoms with E-state index in [-0.39, 0.29) is 25.2 Å². The topological polar surface area (TPSA) is 72.8 Å². The van der Waals surface area contributed by atoms with Crippen molar-refractivity contribution in [3.05, 3.63) is 12.2 Å². The minimum absolute atomic E-state index is 0.0640. The molecule has 5 nitrogen and oxygen atoms in total. The maximum atomic E-state index is 12.1. The fourth-order valence-electron chi connectivity index (χ4n) is 4.71. The first-order valence-electron chi connectivity index (χ1n) is 16.7. The lowest BCUT2D eigenvalue weighted by Gasteiger charge is -2.15. The molecule has 0 amide bonds. The van der Waals surface area contributed by atoms with E-state index >= 15 is 0 Å². The van der Waals surface area contributed by atoms with Gasteiger partial charge in [-0.15, -0.1) is 0 Å². The van der Waals surface area contributed by atoms with Gasteiger partial charge in [0.05, 0.1) is 6.61 Å². The molecular formula is C34H64O5. The van der Waals surface area contributed by atoms with E-state index in [0.717, 1.165) is 44.9 Å². The normalized spacial score (nSPS) is 12.2. The van der Waals surface area contributed by atoms with Crippen molar-refractivity contribution in [3.63, 3.8) is 0 Å². The van der Waals surface area contributed by atoms with Crippen molar-refractivity contribution in [3.8, 4) is 0 Å². The van der Waals surface area contributed by atoms with Gasteiger partial charge >= 0.3 is 11.9 Å². The molecular weight excluding hydrogens is 488 g/mol. The van der Waals surface area contributed by atoms with Crippen LogP contribution < -0.4 is 0 Å². The van der Waals surface area contributed by atoms with Crippen LogP contribution in [0.25, 0.3) is 0 Å². The van der Waals surface area contributed by atoms with E-state index in [1.165, 1.54) is 103 Å². The van der Waals surface area contributed by atoms with Gasteiger partial charge in [0.1, 0.15) is 6.61 Å². The SMILES string of the molecule is CCCC/C=C\CCCCCCCC(=O)OC(CO)COC(=O)CCCCCCCCCCCCCCCC. The molecule has 0 spiro atoms. The van der Waals surface area contributed by atoms with Gasteiger partial charge in [-0.25, -0.2) is 0 Å². The molecule has 0 aliphatic carbocycles. The molecule has 0 aromatic heterocycles. The molecule has 0 aromatic carbocycles. The van der Waals surface area contributed by atoms with Gasteiger partial charge in [0, 0.05) is 12.8 Å². The van der Waals surface area contributed by atoms with Gasteiger partial charge in [-0.1, -0.05) is 142 Å². The summed E-state index contributed by atoms with van der Waals surface area (Å²) in [5, 5.41) is 9.48. The summed E-state index contributed by atoms with van der Waals surface area (Å²) in [6.45, 7) is 4.08. The molecule has 1 atom stereocenters. The minimum atomic E-state index is -0.766. The van der Waals surface area contributed by atoms with E-state index < -0.39 is 6.10 Å². The van der Waals surface area contributed by atoms with Gasteiger partial charge in [-0.2, -0.15) is 0 Å². The van der Waals surface area contributed by atoms with Crippen molar-refractivity contribution >= 4 is 11.9 Å². The van der Waals surface area contributed by atoms with E-state index in [1.54, 1.807) is 0 Å². The molecule has 1 N–H and O–H groups in total. The Morgan fingerprint density at radius 1 is 0.564 bits per heavy atom. The maximum absolute atomic E-state index is 12.1. The molecule has 0 aliphatic heterocycles. The number of carbonyl (C=O) groups is 2. The zero-order valence-corrected chi connectivity index (χ0v) is 25.9. The lowest BCUT2D eigenvalue weighted by molar-refractivity contribution is -0.161. The van der Waals surface area contributed by atoms with Crippen LogP contribution in [0.3, 0.4) is 0 Å². The number of aliphatic hydroxyl groups excluding tert-OH is 1. The summed E-state index contributed by atoms with van der Waals surface area (Å²) >= 11 is 0. The van der Waals surface area contributed by atoms with Gasteiger partial charge in [-0.3, -0.25) is 9.59 Å². The lowest BCUT2D eigenvalue weighted by atomic mass is 10.0. The van der Waals surface area contributed by atoms with Crippen LogP contribution in [0.4, 0.5) is 0 Å². The number of unbranched alkanes of at least 4 members (excludes halogenated alkanes) is 20. The van der Waals surface area contributed by atoms with E-state index in [0.29, 0.717) is 12.8 Å². The third-order valence-electron chi connectivity index (χ3n) is 7.31. The number of carbonyl (C=O) groups excluding carboxylic acids is 2. The highest BCUT2D eigenvalue weighted by atomic mass is 16.6. The molecule has 0 bridgehead atoms. The van der Waals surface area contributed by atoms with Crippen LogP contribution in [0, 0.1) is 0 Å². The zero-order valence-electron chi connectivity index (χ0n) is 25.9. The monoisotopic (exact) mass is 552 g/mol. The van der Waals surface area contributed by atoms with Crippen LogP contribution in [0.15, 0.2) is 12.2 Å². The Labute approximate surface area is 241 Å². The van der Waals surface area contributed by atoms with E-state index in [2.05, 4.69) is 26.0 Å². The largest absolute Gasteiger partial charge is 0.462 e. The summed E-state index contributed by atoms with van der Waals surface area (Å²) in [5.74, 6) is -0.598. The summed E-state index contributed by atoms with van der Waals surface area (Å²) < 4.78 is 10.5. The van der Waals surface area contributed by atoms with Crippen molar-refractivity contribution in [2.75, 3.05) is 13.2 Å². The van der Waals surface area contributed by atoms with Gasteiger partial charge in [0.2, 0.25) is 0 Å². The summed E-state index contributed by atoms with van der Waals surface area (Å²) in [4.78, 5) is 24.1. The summed E-state index contributed by atoms with van der Waals surface area (Å²) in [7, 11) is 0. The Bertz CT molecular complexity index is 560. The van der Waals surface area contributed by atoms with Gasteiger partial charge < -0.3 is 14.6 Å². The van der Waals surface area contributed by atoms with Crippen LogP contribution in [-0.2, 0) is 19.1 Å². The maximum Gasteiger partial charge on any atom is 0.306 e. The second-order valence-corrected chi connectivity index (χ2v) is 11.2. The number of aliphatic hydroxyl groups is 1. The fraction of sp³-hybridized carbons (Fsp3) is 0.882. The average Bonchev–Trinajstić information content (AvgIpc) is 2.94. The molecule has 0 heterocycles. The van der Waals surface area contributed by atoms with Crippen molar-refractivity contribution in [2.45, 2.75) is 180 Å². The third kappa shape index (κ3) is 29.4. The molecule has 39 heavy (non-hydrogen) atoms. The predicted molar refractivity (Wildman–Crippen MR) is 164 cm³/mol. The molecule has 0 saturated heterocycles. The molecule has 230 valence electrons. The molecule has 0 fully saturated rings. The Morgan fingerprint density at radius 2 is 0.974 bits per heavy atom. The Kier molecular flexibility index (Phi) is 30.1. The van der Waals surface area contributed by atoms with E-state index in [9.17, 15) is 14.7 Å². The molecule has 5 heteroatoms. The van der Waals surface area contributed by atoms with Crippen molar-refractivity contribution in [2.24, 2.45) is 0 Å².